The Balaban J connectivity index is 6.46. The predicted octanol–water partition coefficient (Wildman–Crippen LogP) is 5.33. The number of hydrogen-bond acceptors (Lipinski definition) is 1. The molecule has 0 aliphatic carbocycles. The van der Waals surface area contributed by atoms with Crippen LogP contribution >= 0.6 is 0 Å². The molecule has 0 fully saturated rings. The SMILES string of the molecule is [2H]C([2H])([2H])C([2H])([2H])C([2H])([2H])C([2H])([2H])C([2H])([2H])C([2H])([2H])C([2H])([2H])C([2H])([2H])C([2H])([2H])/C=C\CCCCC(=O)O. The fraction of sp³-hybridized carbons (Fsp3) is 0.812. The molecule has 106 valence electrons. The first kappa shape index (κ1) is 3.65. The van der Waals surface area contributed by atoms with E-state index >= 15 is 0 Å². The molecule has 0 unspecified atom stereocenters. The van der Waals surface area contributed by atoms with Crippen molar-refractivity contribution in [2.75, 3.05) is 0 Å². The molecule has 0 bridgehead atoms. The van der Waals surface area contributed by atoms with E-state index in [2.05, 4.69) is 0 Å². The van der Waals surface area contributed by atoms with Crippen LogP contribution in [0.5, 0.6) is 0 Å². The molecule has 0 saturated heterocycles. The molecular formula is C16H30O2. The van der Waals surface area contributed by atoms with Crippen LogP contribution in [0.4, 0.5) is 0 Å². The molecule has 0 saturated carbocycles. The summed E-state index contributed by atoms with van der Waals surface area (Å²) < 4.78 is 148. The van der Waals surface area contributed by atoms with Crippen LogP contribution in [0.25, 0.3) is 0 Å². The summed E-state index contributed by atoms with van der Waals surface area (Å²) in [6, 6.07) is 0. The van der Waals surface area contributed by atoms with Gasteiger partial charge in [-0.15, -0.1) is 0 Å². The first-order valence-electron chi connectivity index (χ1n) is 14.8. The number of carboxylic acid groups (broad SMARTS) is 1. The lowest BCUT2D eigenvalue weighted by Gasteiger charge is -1.99. The number of unbranched alkanes of at least 4 members (excludes halogenated alkanes) is 2. The summed E-state index contributed by atoms with van der Waals surface area (Å²) >= 11 is 0. The summed E-state index contributed by atoms with van der Waals surface area (Å²) in [6.45, 7) is -3.87. The van der Waals surface area contributed by atoms with Crippen LogP contribution in [0.3, 0.4) is 0 Å². The highest BCUT2D eigenvalue weighted by molar-refractivity contribution is 5.66. The van der Waals surface area contributed by atoms with E-state index in [1.165, 1.54) is 0 Å². The first-order valence-corrected chi connectivity index (χ1v) is 5.31. The second-order valence-corrected chi connectivity index (χ2v) is 3.06. The van der Waals surface area contributed by atoms with Crippen molar-refractivity contribution < 1.29 is 35.9 Å². The highest BCUT2D eigenvalue weighted by Gasteiger charge is 1.94. The quantitative estimate of drug-likeness (QED) is 0.364. The van der Waals surface area contributed by atoms with E-state index in [1.807, 2.05) is 0 Å². The van der Waals surface area contributed by atoms with Crippen molar-refractivity contribution in [2.24, 2.45) is 0 Å². The number of carboxylic acids is 1. The standard InChI is InChI=1S/C16H30O2/c1-2-3-4-5-6-7-8-9-10-11-12-13-14-15-16(17)18/h10-11H,2-9,12-15H2,1H3,(H,17,18)/b11-10-/i1D3,2D2,3D2,4D2,5D2,6D2,7D2,8D2,9D2. The normalized spacial score (nSPS) is 33.9. The number of aliphatic carboxylic acids is 1. The van der Waals surface area contributed by atoms with Gasteiger partial charge in [0, 0.05) is 32.5 Å². The van der Waals surface area contributed by atoms with Crippen LogP contribution in [0.2, 0.25) is 0 Å². The summed E-state index contributed by atoms with van der Waals surface area (Å²) in [5.74, 6) is -1.07. The Morgan fingerprint density at radius 3 is 2.56 bits per heavy atom. The molecule has 18 heavy (non-hydrogen) atoms. The van der Waals surface area contributed by atoms with Crippen LogP contribution in [0, 0.1) is 0 Å². The van der Waals surface area contributed by atoms with Crippen molar-refractivity contribution in [1.82, 2.24) is 0 Å². The van der Waals surface area contributed by atoms with E-state index < -0.39 is 63.8 Å². The highest BCUT2D eigenvalue weighted by Crippen LogP contribution is 2.09. The monoisotopic (exact) mass is 273 g/mol. The molecule has 0 heterocycles. The largest absolute Gasteiger partial charge is 0.481 e. The van der Waals surface area contributed by atoms with E-state index in [0.717, 1.165) is 6.08 Å². The molecule has 0 rings (SSSR count). The van der Waals surface area contributed by atoms with Crippen molar-refractivity contribution >= 4 is 5.97 Å². The number of rotatable bonds is 13. The van der Waals surface area contributed by atoms with Crippen LogP contribution in [0.15, 0.2) is 12.2 Å². The zero-order valence-corrected chi connectivity index (χ0v) is 9.84. The first-order chi connectivity index (χ1) is 15.9. The van der Waals surface area contributed by atoms with Gasteiger partial charge in [0.25, 0.3) is 0 Å². The Kier molecular flexibility index (Phi) is 2.89. The number of carbonyl (C=O) groups is 1. The molecule has 2 heteroatoms. The van der Waals surface area contributed by atoms with E-state index in [0.29, 0.717) is 6.08 Å². The van der Waals surface area contributed by atoms with Crippen LogP contribution < -0.4 is 0 Å². The summed E-state index contributed by atoms with van der Waals surface area (Å²) in [7, 11) is 0. The average Bonchev–Trinajstić information content (AvgIpc) is 2.68. The summed E-state index contributed by atoms with van der Waals surface area (Å²) in [5.41, 5.74) is 0. The maximum atomic E-state index is 10.5. The molecule has 0 amide bonds. The zero-order valence-electron chi connectivity index (χ0n) is 28.8. The van der Waals surface area contributed by atoms with Gasteiger partial charge in [-0.1, -0.05) is 57.2 Å². The van der Waals surface area contributed by atoms with Gasteiger partial charge >= 0.3 is 5.97 Å². The molecule has 1 N–H and O–H groups in total. The molecular weight excluding hydrogens is 224 g/mol. The van der Waals surface area contributed by atoms with Crippen LogP contribution in [-0.4, -0.2) is 11.1 Å². The molecule has 2 nitrogen and oxygen atoms in total. The molecule has 0 spiro atoms. The molecule has 0 aromatic carbocycles. The second kappa shape index (κ2) is 14.3. The Labute approximate surface area is 139 Å². The third-order valence-corrected chi connectivity index (χ3v) is 1.66. The van der Waals surface area contributed by atoms with Crippen molar-refractivity contribution in [1.29, 1.82) is 0 Å². The maximum Gasteiger partial charge on any atom is 0.303 e. The Morgan fingerprint density at radius 2 is 1.83 bits per heavy atom. The molecule has 0 aromatic heterocycles. The lowest BCUT2D eigenvalue weighted by atomic mass is 10.1. The van der Waals surface area contributed by atoms with E-state index in [4.69, 9.17) is 31.2 Å². The lowest BCUT2D eigenvalue weighted by molar-refractivity contribution is -0.137. The molecule has 0 radical (unpaired) electrons. The van der Waals surface area contributed by atoms with Crippen molar-refractivity contribution in [3.8, 4) is 0 Å². The maximum absolute atomic E-state index is 10.5. The zero-order chi connectivity index (χ0) is 30.3. The van der Waals surface area contributed by atoms with Crippen molar-refractivity contribution in [3.63, 3.8) is 0 Å². The summed E-state index contributed by atoms with van der Waals surface area (Å²) in [6.07, 6.45) is -31.4. The third-order valence-electron chi connectivity index (χ3n) is 1.66. The Hall–Kier alpha value is -0.790. The molecule has 0 atom stereocenters. The van der Waals surface area contributed by atoms with E-state index in [9.17, 15) is 4.79 Å². The Bertz CT molecular complexity index is 840. The van der Waals surface area contributed by atoms with Gasteiger partial charge in [0.1, 0.15) is 0 Å². The fourth-order valence-corrected chi connectivity index (χ4v) is 0.915. The highest BCUT2D eigenvalue weighted by atomic mass is 16.4. The number of allylic oxidation sites excluding steroid dienone is 2. The van der Waals surface area contributed by atoms with Crippen molar-refractivity contribution in [2.45, 2.75) is 83.5 Å². The van der Waals surface area contributed by atoms with Gasteiger partial charge in [-0.2, -0.15) is 0 Å². The van der Waals surface area contributed by atoms with Gasteiger partial charge < -0.3 is 5.11 Å². The third kappa shape index (κ3) is 15.2. The topological polar surface area (TPSA) is 37.3 Å². The number of hydrogen-bond donors (Lipinski definition) is 1. The van der Waals surface area contributed by atoms with Crippen LogP contribution in [0.1, 0.15) is 110 Å². The van der Waals surface area contributed by atoms with Gasteiger partial charge in [0.15, 0.2) is 0 Å². The minimum atomic E-state index is -4.46. The van der Waals surface area contributed by atoms with Crippen molar-refractivity contribution in [3.05, 3.63) is 12.2 Å². The van der Waals surface area contributed by atoms with Gasteiger partial charge in [-0.05, 0) is 32.0 Å². The second-order valence-electron chi connectivity index (χ2n) is 3.06. The summed E-state index contributed by atoms with van der Waals surface area (Å²) in [5, 5.41) is 8.59. The molecule has 0 aliphatic heterocycles. The minimum Gasteiger partial charge on any atom is -0.481 e. The molecule has 0 aromatic rings. The van der Waals surface area contributed by atoms with Gasteiger partial charge in [-0.3, -0.25) is 4.79 Å². The predicted molar refractivity (Wildman–Crippen MR) is 77.9 cm³/mol. The smallest absolute Gasteiger partial charge is 0.303 e. The van der Waals surface area contributed by atoms with Crippen LogP contribution in [-0.2, 0) is 4.79 Å². The van der Waals surface area contributed by atoms with E-state index in [-0.39, 0.29) is 25.7 Å². The minimum absolute atomic E-state index is 0.0343. The molecule has 0 aliphatic rings. The van der Waals surface area contributed by atoms with Gasteiger partial charge in [0.05, 0.1) is 0 Å². The Morgan fingerprint density at radius 1 is 1.11 bits per heavy atom. The van der Waals surface area contributed by atoms with Gasteiger partial charge in [0.2, 0.25) is 0 Å². The lowest BCUT2D eigenvalue weighted by Crippen LogP contribution is -1.92. The van der Waals surface area contributed by atoms with Gasteiger partial charge in [-0.25, -0.2) is 0 Å². The summed E-state index contributed by atoms with van der Waals surface area (Å²) in [4.78, 5) is 10.5. The van der Waals surface area contributed by atoms with E-state index in [1.54, 1.807) is 0 Å². The fourth-order valence-electron chi connectivity index (χ4n) is 0.915. The average molecular weight is 274 g/mol.